The van der Waals surface area contributed by atoms with Gasteiger partial charge in [-0.05, 0) is 38.4 Å². The first-order chi connectivity index (χ1) is 9.93. The van der Waals surface area contributed by atoms with Crippen LogP contribution in [0.1, 0.15) is 32.3 Å². The second-order valence-electron chi connectivity index (χ2n) is 5.40. The minimum atomic E-state index is -0.372. The van der Waals surface area contributed by atoms with E-state index in [1.807, 2.05) is 7.05 Å². The molecule has 0 spiro atoms. The Bertz CT molecular complexity index is 463. The normalized spacial score (nSPS) is 12.4. The average Bonchev–Trinajstić information content (AvgIpc) is 2.43. The van der Waals surface area contributed by atoms with Crippen molar-refractivity contribution < 1.29 is 10.0 Å². The van der Waals surface area contributed by atoms with Crippen LogP contribution in [0.2, 0.25) is 0 Å². The first kappa shape index (κ1) is 17.4. The number of nitrogens with one attached hydrogen (secondary N) is 1. The smallest absolute Gasteiger partial charge is 0.269 e. The number of rotatable bonds is 9. The fourth-order valence-corrected chi connectivity index (χ4v) is 2.03. The van der Waals surface area contributed by atoms with Crippen molar-refractivity contribution in [3.05, 3.63) is 33.9 Å². The van der Waals surface area contributed by atoms with E-state index < -0.39 is 0 Å². The maximum absolute atomic E-state index is 10.9. The zero-order valence-corrected chi connectivity index (χ0v) is 13.0. The van der Waals surface area contributed by atoms with Crippen molar-refractivity contribution in [1.82, 2.24) is 4.90 Å². The molecular weight excluding hydrogens is 270 g/mol. The van der Waals surface area contributed by atoms with Crippen LogP contribution in [0, 0.1) is 10.1 Å². The van der Waals surface area contributed by atoms with E-state index >= 15 is 0 Å². The van der Waals surface area contributed by atoms with Crippen molar-refractivity contribution in [2.24, 2.45) is 0 Å². The van der Waals surface area contributed by atoms with Crippen molar-refractivity contribution >= 4 is 11.4 Å². The van der Waals surface area contributed by atoms with Gasteiger partial charge in [-0.15, -0.1) is 0 Å². The molecule has 2 N–H and O–H groups in total. The minimum absolute atomic E-state index is 0.107. The van der Waals surface area contributed by atoms with Gasteiger partial charge in [-0.2, -0.15) is 0 Å². The monoisotopic (exact) mass is 295 g/mol. The largest absolute Gasteiger partial charge is 0.393 e. The first-order valence-electron chi connectivity index (χ1n) is 7.31. The third kappa shape index (κ3) is 6.10. The summed E-state index contributed by atoms with van der Waals surface area (Å²) in [7, 11) is 1.95. The number of nitro benzene ring substituents is 1. The van der Waals surface area contributed by atoms with E-state index in [9.17, 15) is 15.2 Å². The zero-order chi connectivity index (χ0) is 15.8. The summed E-state index contributed by atoms with van der Waals surface area (Å²) >= 11 is 0. The van der Waals surface area contributed by atoms with Gasteiger partial charge < -0.3 is 15.3 Å². The van der Waals surface area contributed by atoms with Crippen LogP contribution in [0.4, 0.5) is 11.4 Å². The highest BCUT2D eigenvalue weighted by atomic mass is 16.6. The summed E-state index contributed by atoms with van der Waals surface area (Å²) in [6, 6.07) is 4.92. The van der Waals surface area contributed by atoms with Gasteiger partial charge in [0, 0.05) is 37.5 Å². The highest BCUT2D eigenvalue weighted by Crippen LogP contribution is 2.23. The molecule has 1 aromatic carbocycles. The molecule has 1 atom stereocenters. The van der Waals surface area contributed by atoms with E-state index in [0.29, 0.717) is 13.0 Å². The van der Waals surface area contributed by atoms with Crippen LogP contribution < -0.4 is 5.32 Å². The summed E-state index contributed by atoms with van der Waals surface area (Å²) in [6.45, 7) is 6.03. The van der Waals surface area contributed by atoms with E-state index in [-0.39, 0.29) is 16.7 Å². The van der Waals surface area contributed by atoms with Gasteiger partial charge in [0.05, 0.1) is 11.0 Å². The standard InChI is InChI=1S/C15H25N3O3/c1-4-8-16-15-6-5-14(18(20)21)10-13(15)11-17(3)9-7-12(2)19/h5-6,10,12,16,19H,4,7-9,11H2,1-3H3. The highest BCUT2D eigenvalue weighted by molar-refractivity contribution is 5.56. The molecule has 1 aromatic rings. The molecule has 0 heterocycles. The summed E-state index contributed by atoms with van der Waals surface area (Å²) in [6.07, 6.45) is 1.34. The molecule has 0 aromatic heterocycles. The number of nitro groups is 1. The quantitative estimate of drug-likeness (QED) is 0.541. The number of hydrogen-bond acceptors (Lipinski definition) is 5. The molecule has 21 heavy (non-hydrogen) atoms. The molecule has 0 saturated carbocycles. The van der Waals surface area contributed by atoms with E-state index in [2.05, 4.69) is 17.1 Å². The van der Waals surface area contributed by atoms with E-state index in [1.54, 1.807) is 19.1 Å². The molecule has 0 saturated heterocycles. The second-order valence-corrected chi connectivity index (χ2v) is 5.40. The van der Waals surface area contributed by atoms with Gasteiger partial charge in [-0.1, -0.05) is 6.92 Å². The molecule has 0 fully saturated rings. The average molecular weight is 295 g/mol. The third-order valence-corrected chi connectivity index (χ3v) is 3.23. The first-order valence-corrected chi connectivity index (χ1v) is 7.31. The molecule has 0 aliphatic rings. The van der Waals surface area contributed by atoms with Gasteiger partial charge in [0.25, 0.3) is 5.69 Å². The van der Waals surface area contributed by atoms with Crippen molar-refractivity contribution in [2.75, 3.05) is 25.5 Å². The lowest BCUT2D eigenvalue weighted by atomic mass is 10.1. The van der Waals surface area contributed by atoms with Crippen LogP contribution in [-0.4, -0.2) is 41.2 Å². The van der Waals surface area contributed by atoms with Crippen LogP contribution in [0.15, 0.2) is 18.2 Å². The van der Waals surface area contributed by atoms with Crippen LogP contribution in [0.3, 0.4) is 0 Å². The summed E-state index contributed by atoms with van der Waals surface area (Å²) in [4.78, 5) is 12.6. The van der Waals surface area contributed by atoms with Gasteiger partial charge in [0.1, 0.15) is 0 Å². The van der Waals surface area contributed by atoms with Gasteiger partial charge >= 0.3 is 0 Å². The summed E-state index contributed by atoms with van der Waals surface area (Å²) in [5, 5.41) is 23.5. The molecule has 1 rings (SSSR count). The zero-order valence-electron chi connectivity index (χ0n) is 13.0. The summed E-state index contributed by atoms with van der Waals surface area (Å²) in [5.41, 5.74) is 1.95. The maximum atomic E-state index is 10.9. The number of anilines is 1. The van der Waals surface area contributed by atoms with Crippen molar-refractivity contribution in [1.29, 1.82) is 0 Å². The van der Waals surface area contributed by atoms with Crippen LogP contribution in [0.25, 0.3) is 0 Å². The Labute approximate surface area is 125 Å². The Balaban J connectivity index is 2.83. The lowest BCUT2D eigenvalue weighted by molar-refractivity contribution is -0.384. The van der Waals surface area contributed by atoms with Crippen LogP contribution >= 0.6 is 0 Å². The summed E-state index contributed by atoms with van der Waals surface area (Å²) in [5.74, 6) is 0. The molecule has 6 nitrogen and oxygen atoms in total. The Kier molecular flexibility index (Phi) is 7.11. The molecule has 118 valence electrons. The number of nitrogens with zero attached hydrogens (tertiary/aromatic N) is 2. The van der Waals surface area contributed by atoms with Gasteiger partial charge in [-0.25, -0.2) is 0 Å². The number of benzene rings is 1. The number of non-ortho nitro benzene ring substituents is 1. The van der Waals surface area contributed by atoms with Gasteiger partial charge in [0.2, 0.25) is 0 Å². The molecule has 0 bridgehead atoms. The lowest BCUT2D eigenvalue weighted by Gasteiger charge is -2.20. The van der Waals surface area contributed by atoms with Crippen LogP contribution in [-0.2, 0) is 6.54 Å². The van der Waals surface area contributed by atoms with Crippen LogP contribution in [0.5, 0.6) is 0 Å². The predicted octanol–water partition coefficient (Wildman–Crippen LogP) is 2.62. The molecule has 0 aliphatic carbocycles. The van der Waals surface area contributed by atoms with E-state index in [0.717, 1.165) is 30.8 Å². The Morgan fingerprint density at radius 1 is 1.48 bits per heavy atom. The number of hydrogen-bond donors (Lipinski definition) is 2. The number of aliphatic hydroxyl groups excluding tert-OH is 1. The van der Waals surface area contributed by atoms with Gasteiger partial charge in [0.15, 0.2) is 0 Å². The van der Waals surface area contributed by atoms with E-state index in [1.165, 1.54) is 6.07 Å². The lowest BCUT2D eigenvalue weighted by Crippen LogP contribution is -2.22. The molecule has 0 aliphatic heterocycles. The third-order valence-electron chi connectivity index (χ3n) is 3.23. The second kappa shape index (κ2) is 8.59. The topological polar surface area (TPSA) is 78.6 Å². The Morgan fingerprint density at radius 2 is 2.19 bits per heavy atom. The van der Waals surface area contributed by atoms with Gasteiger partial charge in [-0.3, -0.25) is 10.1 Å². The van der Waals surface area contributed by atoms with Crippen molar-refractivity contribution in [2.45, 2.75) is 39.3 Å². The predicted molar refractivity (Wildman–Crippen MR) is 84.5 cm³/mol. The number of aliphatic hydroxyl groups is 1. The minimum Gasteiger partial charge on any atom is -0.393 e. The maximum Gasteiger partial charge on any atom is 0.269 e. The molecular formula is C15H25N3O3. The molecule has 6 heteroatoms. The Morgan fingerprint density at radius 3 is 2.76 bits per heavy atom. The fourth-order valence-electron chi connectivity index (χ4n) is 2.03. The molecule has 0 amide bonds. The van der Waals surface area contributed by atoms with Crippen molar-refractivity contribution in [3.63, 3.8) is 0 Å². The molecule has 1 unspecified atom stereocenters. The molecule has 0 radical (unpaired) electrons. The fraction of sp³-hybridized carbons (Fsp3) is 0.600. The van der Waals surface area contributed by atoms with E-state index in [4.69, 9.17) is 0 Å². The van der Waals surface area contributed by atoms with Crippen molar-refractivity contribution in [3.8, 4) is 0 Å². The Hall–Kier alpha value is -1.66. The SMILES string of the molecule is CCCNc1ccc([N+](=O)[O-])cc1CN(C)CCC(C)O. The highest BCUT2D eigenvalue weighted by Gasteiger charge is 2.12. The summed E-state index contributed by atoms with van der Waals surface area (Å²) < 4.78 is 0.